The third-order valence-electron chi connectivity index (χ3n) is 2.23. The standard InChI is InChI=1S/C9H13O3S.3CH3.Sn/c1-10-3-4-11-5-6-12-9-2-7-13-8-9;;;;/h2,7H,3-6H2,1H3;3*1H3;. The summed E-state index contributed by atoms with van der Waals surface area (Å²) in [5.41, 5.74) is 0. The Kier molecular flexibility index (Phi) is 6.84. The zero-order valence-electron chi connectivity index (χ0n) is 11.1. The SMILES string of the molecule is COCCOCCOc1ccs[c]1[Sn]([CH3])([CH3])[CH3]. The van der Waals surface area contributed by atoms with E-state index in [2.05, 4.69) is 26.3 Å². The summed E-state index contributed by atoms with van der Waals surface area (Å²) < 4.78 is 17.5. The number of thiophene rings is 1. The molecule has 0 fully saturated rings. The Morgan fingerprint density at radius 1 is 1.12 bits per heavy atom. The summed E-state index contributed by atoms with van der Waals surface area (Å²) in [6, 6.07) is 2.08. The Balaban J connectivity index is 2.30. The molecule has 0 aliphatic rings. The topological polar surface area (TPSA) is 27.7 Å². The summed E-state index contributed by atoms with van der Waals surface area (Å²) in [5, 5.41) is 2.12. The van der Waals surface area contributed by atoms with Crippen molar-refractivity contribution < 1.29 is 14.2 Å². The Morgan fingerprint density at radius 3 is 2.47 bits per heavy atom. The molecular formula is C12H22O3SSn. The Labute approximate surface area is 112 Å². The predicted octanol–water partition coefficient (Wildman–Crippen LogP) is 2.34. The van der Waals surface area contributed by atoms with Crippen LogP contribution in [-0.4, -0.2) is 51.9 Å². The molecule has 0 saturated carbocycles. The van der Waals surface area contributed by atoms with Crippen LogP contribution < -0.4 is 7.63 Å². The number of methoxy groups -OCH3 is 1. The van der Waals surface area contributed by atoms with Crippen LogP contribution in [0.3, 0.4) is 0 Å². The Morgan fingerprint density at radius 2 is 1.82 bits per heavy atom. The van der Waals surface area contributed by atoms with Gasteiger partial charge in [0.25, 0.3) is 0 Å². The van der Waals surface area contributed by atoms with Gasteiger partial charge in [0.05, 0.1) is 0 Å². The van der Waals surface area contributed by atoms with Crippen molar-refractivity contribution in [2.45, 2.75) is 14.8 Å². The van der Waals surface area contributed by atoms with Gasteiger partial charge in [-0.2, -0.15) is 0 Å². The monoisotopic (exact) mass is 366 g/mol. The van der Waals surface area contributed by atoms with Gasteiger partial charge >= 0.3 is 112 Å². The molecule has 1 aromatic rings. The molecule has 0 N–H and O–H groups in total. The average molecular weight is 365 g/mol. The molecule has 1 aromatic heterocycles. The maximum atomic E-state index is 5.78. The first kappa shape index (κ1) is 15.3. The molecule has 0 bridgehead atoms. The normalized spacial score (nSPS) is 11.8. The minimum atomic E-state index is -2.00. The molecule has 0 aliphatic heterocycles. The Hall–Kier alpha value is 0.219. The first-order chi connectivity index (χ1) is 8.05. The van der Waals surface area contributed by atoms with Crippen LogP contribution in [0.4, 0.5) is 0 Å². The molecule has 17 heavy (non-hydrogen) atoms. The van der Waals surface area contributed by atoms with Crippen LogP contribution in [0.1, 0.15) is 0 Å². The molecule has 0 radical (unpaired) electrons. The second kappa shape index (κ2) is 7.61. The minimum absolute atomic E-state index is 0.620. The van der Waals surface area contributed by atoms with Crippen LogP contribution in [0, 0.1) is 0 Å². The van der Waals surface area contributed by atoms with E-state index in [1.54, 1.807) is 7.11 Å². The number of rotatable bonds is 8. The van der Waals surface area contributed by atoms with Crippen molar-refractivity contribution in [2.24, 2.45) is 0 Å². The van der Waals surface area contributed by atoms with E-state index in [0.29, 0.717) is 26.4 Å². The third kappa shape index (κ3) is 5.59. The fraction of sp³-hybridized carbons (Fsp3) is 0.667. The molecule has 0 amide bonds. The van der Waals surface area contributed by atoms with Crippen molar-refractivity contribution in [2.75, 3.05) is 33.5 Å². The van der Waals surface area contributed by atoms with Gasteiger partial charge < -0.3 is 0 Å². The fourth-order valence-corrected chi connectivity index (χ4v) is 8.50. The molecule has 5 heteroatoms. The number of hydrogen-bond donors (Lipinski definition) is 0. The fourth-order valence-electron chi connectivity index (χ4n) is 1.41. The van der Waals surface area contributed by atoms with E-state index >= 15 is 0 Å². The first-order valence-corrected chi connectivity index (χ1v) is 16.7. The zero-order chi connectivity index (χ0) is 12.7. The van der Waals surface area contributed by atoms with Crippen LogP contribution in [0.5, 0.6) is 5.75 Å². The molecule has 1 rings (SSSR count). The molecule has 98 valence electrons. The number of hydrogen-bond acceptors (Lipinski definition) is 4. The van der Waals surface area contributed by atoms with E-state index in [4.69, 9.17) is 14.2 Å². The van der Waals surface area contributed by atoms with Gasteiger partial charge in [0.1, 0.15) is 0 Å². The van der Waals surface area contributed by atoms with Crippen molar-refractivity contribution in [3.8, 4) is 5.75 Å². The van der Waals surface area contributed by atoms with Crippen molar-refractivity contribution >= 4 is 32.6 Å². The van der Waals surface area contributed by atoms with Gasteiger partial charge in [0.2, 0.25) is 0 Å². The van der Waals surface area contributed by atoms with E-state index < -0.39 is 18.4 Å². The van der Waals surface area contributed by atoms with Crippen LogP contribution in [0.25, 0.3) is 0 Å². The van der Waals surface area contributed by atoms with Crippen molar-refractivity contribution in [3.05, 3.63) is 11.4 Å². The van der Waals surface area contributed by atoms with Crippen molar-refractivity contribution in [3.63, 3.8) is 0 Å². The second-order valence-electron chi connectivity index (χ2n) is 4.82. The van der Waals surface area contributed by atoms with Crippen LogP contribution in [-0.2, 0) is 9.47 Å². The van der Waals surface area contributed by atoms with Gasteiger partial charge in [-0.05, 0) is 0 Å². The van der Waals surface area contributed by atoms with Gasteiger partial charge in [-0.3, -0.25) is 0 Å². The molecule has 0 aliphatic carbocycles. The Bertz CT molecular complexity index is 320. The van der Waals surface area contributed by atoms with E-state index in [0.717, 1.165) is 5.75 Å². The summed E-state index contributed by atoms with van der Waals surface area (Å²) in [5.74, 6) is 1.08. The van der Waals surface area contributed by atoms with Gasteiger partial charge in [0.15, 0.2) is 0 Å². The summed E-state index contributed by atoms with van der Waals surface area (Å²) >= 11 is -0.162. The van der Waals surface area contributed by atoms with Crippen molar-refractivity contribution in [1.29, 1.82) is 0 Å². The summed E-state index contributed by atoms with van der Waals surface area (Å²) in [6.07, 6.45) is 0. The molecule has 0 spiro atoms. The second-order valence-corrected chi connectivity index (χ2v) is 21.0. The van der Waals surface area contributed by atoms with E-state index in [1.807, 2.05) is 11.3 Å². The molecule has 0 aromatic carbocycles. The number of ether oxygens (including phenoxy) is 3. The first-order valence-electron chi connectivity index (χ1n) is 5.83. The summed E-state index contributed by atoms with van der Waals surface area (Å²) in [7, 11) is 1.67. The predicted molar refractivity (Wildman–Crippen MR) is 75.5 cm³/mol. The molecular weight excluding hydrogens is 343 g/mol. The van der Waals surface area contributed by atoms with Crippen LogP contribution >= 0.6 is 11.3 Å². The molecule has 0 saturated heterocycles. The van der Waals surface area contributed by atoms with Crippen LogP contribution in [0.15, 0.2) is 11.4 Å². The van der Waals surface area contributed by atoms with Crippen molar-refractivity contribution in [1.82, 2.24) is 0 Å². The summed E-state index contributed by atoms with van der Waals surface area (Å²) in [6.45, 7) is 2.52. The van der Waals surface area contributed by atoms with Crippen LogP contribution in [0.2, 0.25) is 14.8 Å². The zero-order valence-corrected chi connectivity index (χ0v) is 14.8. The molecule has 3 nitrogen and oxygen atoms in total. The van der Waals surface area contributed by atoms with E-state index in [1.165, 1.54) is 2.89 Å². The summed E-state index contributed by atoms with van der Waals surface area (Å²) in [4.78, 5) is 7.22. The van der Waals surface area contributed by atoms with E-state index in [-0.39, 0.29) is 0 Å². The van der Waals surface area contributed by atoms with Gasteiger partial charge in [0, 0.05) is 0 Å². The quantitative estimate of drug-likeness (QED) is 0.523. The average Bonchev–Trinajstić information content (AvgIpc) is 2.71. The molecule has 0 unspecified atom stereocenters. The molecule has 1 heterocycles. The van der Waals surface area contributed by atoms with Gasteiger partial charge in [-0.1, -0.05) is 0 Å². The van der Waals surface area contributed by atoms with E-state index in [9.17, 15) is 0 Å². The third-order valence-corrected chi connectivity index (χ3v) is 12.6. The van der Waals surface area contributed by atoms with Gasteiger partial charge in [-0.15, -0.1) is 0 Å². The maximum absolute atomic E-state index is 5.78. The molecule has 0 atom stereocenters. The van der Waals surface area contributed by atoms with Gasteiger partial charge in [-0.25, -0.2) is 0 Å².